The van der Waals surface area contributed by atoms with Gasteiger partial charge in [0.25, 0.3) is 5.91 Å². The molecule has 0 saturated carbocycles. The number of carbonyl (C=O) groups excluding carboxylic acids is 1. The van der Waals surface area contributed by atoms with Gasteiger partial charge in [-0.25, -0.2) is 4.79 Å². The number of anilines is 1. The highest BCUT2D eigenvalue weighted by Crippen LogP contribution is 2.36. The molecule has 0 aliphatic heterocycles. The van der Waals surface area contributed by atoms with Gasteiger partial charge in [0.1, 0.15) is 12.4 Å². The Morgan fingerprint density at radius 1 is 0.800 bits per heavy atom. The fourth-order valence-corrected chi connectivity index (χ4v) is 4.13. The van der Waals surface area contributed by atoms with Crippen molar-refractivity contribution in [2.75, 3.05) is 18.5 Å². The number of hydrogen-bond acceptors (Lipinski definition) is 5. The van der Waals surface area contributed by atoms with Crippen LogP contribution in [0.25, 0.3) is 11.1 Å². The minimum Gasteiger partial charge on any atom is -0.493 e. The molecule has 0 fully saturated rings. The lowest BCUT2D eigenvalue weighted by molar-refractivity contribution is -0.143. The Morgan fingerprint density at radius 3 is 2.09 bits per heavy atom. The van der Waals surface area contributed by atoms with Crippen LogP contribution in [0.3, 0.4) is 0 Å². The van der Waals surface area contributed by atoms with Crippen molar-refractivity contribution < 1.29 is 50.6 Å². The predicted octanol–water partition coefficient (Wildman–Crippen LogP) is 8.16. The summed E-state index contributed by atoms with van der Waals surface area (Å²) in [4.78, 5) is 29.7. The van der Waals surface area contributed by atoms with E-state index >= 15 is 0 Å². The molecular weight excluding hydrogens is 606 g/mol. The van der Waals surface area contributed by atoms with E-state index in [9.17, 15) is 41.0 Å². The van der Waals surface area contributed by atoms with Gasteiger partial charge in [-0.1, -0.05) is 59.8 Å². The lowest BCUT2D eigenvalue weighted by Gasteiger charge is -2.15. The van der Waals surface area contributed by atoms with Crippen LogP contribution < -0.4 is 10.1 Å². The molecule has 45 heavy (non-hydrogen) atoms. The number of rotatable bonds is 11. The number of hydrogen-bond donors (Lipinski definition) is 2. The summed E-state index contributed by atoms with van der Waals surface area (Å²) in [6.45, 7) is 0.219. The second-order valence-corrected chi connectivity index (χ2v) is 9.48. The number of halogens is 6. The molecule has 0 unspecified atom stereocenters. The number of nitrogens with zero attached hydrogens (tertiary/aromatic N) is 1. The van der Waals surface area contributed by atoms with Gasteiger partial charge in [-0.15, -0.1) is 0 Å². The van der Waals surface area contributed by atoms with Crippen molar-refractivity contribution in [3.05, 3.63) is 119 Å². The Balaban J connectivity index is 1.38. The maximum absolute atomic E-state index is 13.2. The number of carboxylic acid groups (broad SMARTS) is 1. The minimum atomic E-state index is -5.17. The van der Waals surface area contributed by atoms with Crippen molar-refractivity contribution in [2.45, 2.75) is 18.8 Å². The highest BCUT2D eigenvalue weighted by molar-refractivity contribution is 6.08. The van der Waals surface area contributed by atoms with E-state index in [-0.39, 0.29) is 37.2 Å². The number of amides is 1. The van der Waals surface area contributed by atoms with Crippen molar-refractivity contribution in [3.8, 4) is 16.9 Å². The molecule has 0 heterocycles. The normalized spacial score (nSPS) is 11.8. The van der Waals surface area contributed by atoms with Crippen LogP contribution in [-0.4, -0.2) is 36.4 Å². The van der Waals surface area contributed by atoms with Crippen LogP contribution in [0, 0.1) is 0 Å². The van der Waals surface area contributed by atoms with E-state index in [0.717, 1.165) is 28.8 Å². The van der Waals surface area contributed by atoms with E-state index in [1.54, 1.807) is 6.21 Å². The molecule has 4 rings (SSSR count). The summed E-state index contributed by atoms with van der Waals surface area (Å²) in [6, 6.07) is 21.2. The highest BCUT2D eigenvalue weighted by atomic mass is 19.4. The predicted molar refractivity (Wildman–Crippen MR) is 153 cm³/mol. The summed E-state index contributed by atoms with van der Waals surface area (Å²) in [5.41, 5.74) is -2.39. The van der Waals surface area contributed by atoms with Gasteiger partial charge < -0.3 is 20.0 Å². The van der Waals surface area contributed by atoms with Crippen LogP contribution in [0.1, 0.15) is 43.8 Å². The molecule has 0 aliphatic rings. The number of oxime groups is 1. The molecule has 0 radical (unpaired) electrons. The van der Waals surface area contributed by atoms with Gasteiger partial charge in [0.05, 0.1) is 35.2 Å². The summed E-state index contributed by atoms with van der Waals surface area (Å²) >= 11 is 0. The van der Waals surface area contributed by atoms with Crippen LogP contribution in [0.2, 0.25) is 0 Å². The topological polar surface area (TPSA) is 97.2 Å². The molecule has 1 amide bonds. The Morgan fingerprint density at radius 2 is 1.44 bits per heavy atom. The number of nitrogens with one attached hydrogen (secondary N) is 1. The number of alkyl halides is 6. The number of carboxylic acids is 1. The fourth-order valence-electron chi connectivity index (χ4n) is 4.13. The van der Waals surface area contributed by atoms with Gasteiger partial charge in [0.2, 0.25) is 0 Å². The summed E-state index contributed by atoms with van der Waals surface area (Å²) < 4.78 is 84.8. The molecule has 0 spiro atoms. The van der Waals surface area contributed by atoms with E-state index in [0.29, 0.717) is 6.42 Å². The summed E-state index contributed by atoms with van der Waals surface area (Å²) in [5.74, 6) is -2.81. The van der Waals surface area contributed by atoms with Gasteiger partial charge in [-0.05, 0) is 41.5 Å². The molecule has 2 N–H and O–H groups in total. The van der Waals surface area contributed by atoms with Gasteiger partial charge in [0.15, 0.2) is 0 Å². The average molecular weight is 631 g/mol. The Kier molecular flexibility index (Phi) is 10.1. The maximum Gasteiger partial charge on any atom is 0.416 e. The van der Waals surface area contributed by atoms with Crippen LogP contribution in [0.15, 0.2) is 96.2 Å². The number of benzene rings is 4. The third-order valence-corrected chi connectivity index (χ3v) is 6.28. The van der Waals surface area contributed by atoms with Crippen molar-refractivity contribution >= 4 is 23.8 Å². The second-order valence-electron chi connectivity index (χ2n) is 9.48. The monoisotopic (exact) mass is 630 g/mol. The van der Waals surface area contributed by atoms with Crippen LogP contribution >= 0.6 is 0 Å². The molecule has 0 saturated heterocycles. The van der Waals surface area contributed by atoms with E-state index in [2.05, 4.69) is 10.5 Å². The number of ether oxygens (including phenoxy) is 1. The molecule has 13 heteroatoms. The average Bonchev–Trinajstić information content (AvgIpc) is 3.00. The first-order valence-electron chi connectivity index (χ1n) is 13.2. The minimum absolute atomic E-state index is 0.0680. The molecule has 7 nitrogen and oxygen atoms in total. The van der Waals surface area contributed by atoms with Crippen LogP contribution in [-0.2, 0) is 17.2 Å². The zero-order valence-electron chi connectivity index (χ0n) is 23.2. The lowest BCUT2D eigenvalue weighted by atomic mass is 10.0. The first-order valence-corrected chi connectivity index (χ1v) is 13.2. The van der Waals surface area contributed by atoms with Crippen molar-refractivity contribution in [1.82, 2.24) is 0 Å². The Labute approximate surface area is 252 Å². The van der Waals surface area contributed by atoms with Crippen molar-refractivity contribution in [3.63, 3.8) is 0 Å². The number of aromatic carboxylic acids is 1. The summed E-state index contributed by atoms with van der Waals surface area (Å²) in [7, 11) is 0. The zero-order chi connectivity index (χ0) is 32.6. The lowest BCUT2D eigenvalue weighted by Crippen LogP contribution is -2.18. The Bertz CT molecular complexity index is 1660. The van der Waals surface area contributed by atoms with Crippen molar-refractivity contribution in [1.29, 1.82) is 0 Å². The van der Waals surface area contributed by atoms with Crippen molar-refractivity contribution in [2.24, 2.45) is 5.16 Å². The second kappa shape index (κ2) is 14.0. The van der Waals surface area contributed by atoms with Crippen LogP contribution in [0.5, 0.6) is 5.75 Å². The molecule has 0 atom stereocenters. The first-order chi connectivity index (χ1) is 21.3. The smallest absolute Gasteiger partial charge is 0.416 e. The van der Waals surface area contributed by atoms with E-state index in [1.165, 1.54) is 6.07 Å². The standard InChI is InChI=1S/C32H24F6N2O5/c33-31(34,35)23-15-22(16-24(17-23)32(36,37)38)29(41)40-28-18-25(11-12-27(28)30(42)43)44-13-6-14-45-39-19-21-9-4-5-10-26(21)20-7-2-1-3-8-20/h1-5,7-12,15-19H,6,13-14H2,(H,40,41)(H,42,43). The highest BCUT2D eigenvalue weighted by Gasteiger charge is 2.37. The number of carbonyl (C=O) groups is 2. The van der Waals surface area contributed by atoms with Crippen LogP contribution in [0.4, 0.5) is 32.0 Å². The molecule has 0 bridgehead atoms. The van der Waals surface area contributed by atoms with Gasteiger partial charge >= 0.3 is 18.3 Å². The van der Waals surface area contributed by atoms with E-state index in [1.807, 2.05) is 54.6 Å². The SMILES string of the molecule is O=C(Nc1cc(OCCCON=Cc2ccccc2-c2ccccc2)ccc1C(=O)O)c1cc(C(F)(F)F)cc(C(F)(F)F)c1. The fraction of sp³-hybridized carbons (Fsp3) is 0.156. The van der Waals surface area contributed by atoms with Gasteiger partial charge in [-0.2, -0.15) is 26.3 Å². The molecule has 4 aromatic rings. The molecule has 4 aromatic carbocycles. The molecule has 0 aromatic heterocycles. The maximum atomic E-state index is 13.2. The zero-order valence-corrected chi connectivity index (χ0v) is 23.2. The first kappa shape index (κ1) is 32.6. The van der Waals surface area contributed by atoms with Gasteiger partial charge in [0, 0.05) is 23.6 Å². The summed E-state index contributed by atoms with van der Waals surface area (Å²) in [6.07, 6.45) is -8.43. The quantitative estimate of drug-likeness (QED) is 0.0755. The molecule has 234 valence electrons. The molecular formula is C32H24F6N2O5. The summed E-state index contributed by atoms with van der Waals surface area (Å²) in [5, 5.41) is 15.5. The Hall–Kier alpha value is -5.33. The van der Waals surface area contributed by atoms with E-state index in [4.69, 9.17) is 9.57 Å². The largest absolute Gasteiger partial charge is 0.493 e. The third-order valence-electron chi connectivity index (χ3n) is 6.28. The molecule has 0 aliphatic carbocycles. The van der Waals surface area contributed by atoms with Gasteiger partial charge in [-0.3, -0.25) is 4.79 Å². The third kappa shape index (κ3) is 8.85. The van der Waals surface area contributed by atoms with E-state index < -0.39 is 52.2 Å².